The molecule has 0 fully saturated rings. The maximum atomic E-state index is 12.5. The number of carbonyl (C=O) groups excluding carboxylic acids is 1. The molecule has 0 aliphatic rings. The maximum absolute atomic E-state index is 12.5. The van der Waals surface area contributed by atoms with E-state index < -0.39 is 0 Å². The van der Waals surface area contributed by atoms with Crippen molar-refractivity contribution in [1.82, 2.24) is 15.3 Å². The van der Waals surface area contributed by atoms with E-state index in [0.29, 0.717) is 10.6 Å². The van der Waals surface area contributed by atoms with Crippen LogP contribution in [0.1, 0.15) is 28.2 Å². The molecule has 1 atom stereocenters. The second-order valence-corrected chi connectivity index (χ2v) is 6.52. The molecule has 0 radical (unpaired) electrons. The highest BCUT2D eigenvalue weighted by molar-refractivity contribution is 7.17. The highest BCUT2D eigenvalue weighted by atomic mass is 32.1. The summed E-state index contributed by atoms with van der Waals surface area (Å²) >= 11 is 1.37. The average molecular weight is 354 g/mol. The van der Waals surface area contributed by atoms with Gasteiger partial charge in [0.05, 0.1) is 28.6 Å². The number of methoxy groups -OCH3 is 1. The molecule has 3 N–H and O–H groups in total. The lowest BCUT2D eigenvalue weighted by molar-refractivity contribution is 0.0944. The maximum Gasteiger partial charge on any atom is 0.261 e. The van der Waals surface area contributed by atoms with Gasteiger partial charge in [0.2, 0.25) is 5.95 Å². The summed E-state index contributed by atoms with van der Waals surface area (Å²) < 4.78 is 5.22. The predicted molar refractivity (Wildman–Crippen MR) is 98.6 cm³/mol. The largest absolute Gasteiger partial charge is 0.497 e. The third-order valence-electron chi connectivity index (χ3n) is 3.70. The van der Waals surface area contributed by atoms with Gasteiger partial charge in [-0.1, -0.05) is 12.1 Å². The molecule has 0 bridgehead atoms. The fraction of sp³-hybridized carbons (Fsp3) is 0.167. The van der Waals surface area contributed by atoms with E-state index >= 15 is 0 Å². The third-order valence-corrected chi connectivity index (χ3v) is 4.80. The Bertz CT molecular complexity index is 894. The Morgan fingerprint density at radius 1 is 1.28 bits per heavy atom. The minimum Gasteiger partial charge on any atom is -0.497 e. The zero-order valence-electron chi connectivity index (χ0n) is 13.9. The van der Waals surface area contributed by atoms with Crippen molar-refractivity contribution in [2.45, 2.75) is 13.0 Å². The predicted octanol–water partition coefficient (Wildman–Crippen LogP) is 3.29. The lowest BCUT2D eigenvalue weighted by atomic mass is 10.1. The second kappa shape index (κ2) is 7.31. The number of hydrogen-bond acceptors (Lipinski definition) is 6. The quantitative estimate of drug-likeness (QED) is 0.734. The standard InChI is InChI=1S/C18H18N4O2S/c1-11(12-4-3-5-13(10-12)24-2)21-17(23)16-7-6-15(25-16)14-8-9-20-18(19)22-14/h3-11H,1-2H3,(H,21,23)(H2,19,20,22)/t11-/m1/s1. The van der Waals surface area contributed by atoms with Gasteiger partial charge in [0, 0.05) is 6.20 Å². The van der Waals surface area contributed by atoms with Gasteiger partial charge >= 0.3 is 0 Å². The van der Waals surface area contributed by atoms with Crippen molar-refractivity contribution < 1.29 is 9.53 Å². The van der Waals surface area contributed by atoms with Gasteiger partial charge in [-0.05, 0) is 42.8 Å². The Balaban J connectivity index is 1.73. The molecule has 3 aromatic rings. The number of benzene rings is 1. The third kappa shape index (κ3) is 3.95. The first-order valence-corrected chi connectivity index (χ1v) is 8.52. The Kier molecular flexibility index (Phi) is 4.95. The lowest BCUT2D eigenvalue weighted by Crippen LogP contribution is -2.25. The normalized spacial score (nSPS) is 11.8. The van der Waals surface area contributed by atoms with E-state index in [2.05, 4.69) is 15.3 Å². The molecule has 0 aliphatic carbocycles. The van der Waals surface area contributed by atoms with E-state index in [4.69, 9.17) is 10.5 Å². The summed E-state index contributed by atoms with van der Waals surface area (Å²) in [6.45, 7) is 1.94. The molecule has 2 aromatic heterocycles. The Hall–Kier alpha value is -2.93. The number of hydrogen-bond donors (Lipinski definition) is 2. The van der Waals surface area contributed by atoms with Crippen molar-refractivity contribution in [2.75, 3.05) is 12.8 Å². The van der Waals surface area contributed by atoms with Gasteiger partial charge < -0.3 is 15.8 Å². The molecule has 0 spiro atoms. The Labute approximate surface area is 149 Å². The van der Waals surface area contributed by atoms with Gasteiger partial charge in [-0.3, -0.25) is 4.79 Å². The monoisotopic (exact) mass is 354 g/mol. The first kappa shape index (κ1) is 16.9. The molecule has 128 valence electrons. The van der Waals surface area contributed by atoms with Crippen LogP contribution in [0.25, 0.3) is 10.6 Å². The van der Waals surface area contributed by atoms with Crippen LogP contribution in [0, 0.1) is 0 Å². The summed E-state index contributed by atoms with van der Waals surface area (Å²) in [4.78, 5) is 22.0. The first-order valence-electron chi connectivity index (χ1n) is 7.70. The molecule has 0 unspecified atom stereocenters. The van der Waals surface area contributed by atoms with Crippen LogP contribution in [-0.2, 0) is 0 Å². The minimum atomic E-state index is -0.136. The summed E-state index contributed by atoms with van der Waals surface area (Å²) in [5.41, 5.74) is 7.29. The summed E-state index contributed by atoms with van der Waals surface area (Å²) in [5.74, 6) is 0.843. The number of nitrogens with two attached hydrogens (primary N) is 1. The second-order valence-electron chi connectivity index (χ2n) is 5.44. The molecule has 0 saturated carbocycles. The highest BCUT2D eigenvalue weighted by Gasteiger charge is 2.15. The Morgan fingerprint density at radius 3 is 2.88 bits per heavy atom. The summed E-state index contributed by atoms with van der Waals surface area (Å²) in [5, 5.41) is 3.00. The number of anilines is 1. The summed E-state index contributed by atoms with van der Waals surface area (Å²) in [6.07, 6.45) is 1.60. The van der Waals surface area contributed by atoms with Crippen LogP contribution in [0.15, 0.2) is 48.7 Å². The fourth-order valence-corrected chi connectivity index (χ4v) is 3.25. The zero-order chi connectivity index (χ0) is 17.8. The number of amides is 1. The van der Waals surface area contributed by atoms with Crippen LogP contribution in [0.4, 0.5) is 5.95 Å². The topological polar surface area (TPSA) is 90.1 Å². The average Bonchev–Trinajstić information content (AvgIpc) is 3.12. The van der Waals surface area contributed by atoms with Crippen LogP contribution in [-0.4, -0.2) is 23.0 Å². The van der Waals surface area contributed by atoms with Crippen molar-refractivity contribution in [3.05, 3.63) is 59.1 Å². The number of rotatable bonds is 5. The molecule has 1 aromatic carbocycles. The van der Waals surface area contributed by atoms with Crippen LogP contribution in [0.2, 0.25) is 0 Å². The summed E-state index contributed by atoms with van der Waals surface area (Å²) in [6, 6.07) is 12.9. The fourth-order valence-electron chi connectivity index (χ4n) is 2.37. The Morgan fingerprint density at radius 2 is 2.12 bits per heavy atom. The van der Waals surface area contributed by atoms with Gasteiger partial charge in [0.15, 0.2) is 0 Å². The molecule has 25 heavy (non-hydrogen) atoms. The van der Waals surface area contributed by atoms with Gasteiger partial charge in [-0.15, -0.1) is 11.3 Å². The lowest BCUT2D eigenvalue weighted by Gasteiger charge is -2.14. The molecular formula is C18H18N4O2S. The SMILES string of the molecule is COc1cccc([C@@H](C)NC(=O)c2ccc(-c3ccnc(N)n3)s2)c1. The van der Waals surface area contributed by atoms with Crippen LogP contribution in [0.5, 0.6) is 5.75 Å². The number of nitrogens with zero attached hydrogens (tertiary/aromatic N) is 2. The smallest absolute Gasteiger partial charge is 0.261 e. The van der Waals surface area contributed by atoms with Gasteiger partial charge in [-0.25, -0.2) is 9.97 Å². The van der Waals surface area contributed by atoms with Crippen LogP contribution >= 0.6 is 11.3 Å². The molecule has 2 heterocycles. The molecule has 0 saturated heterocycles. The molecule has 1 amide bonds. The highest BCUT2D eigenvalue weighted by Crippen LogP contribution is 2.27. The van der Waals surface area contributed by atoms with Crippen molar-refractivity contribution in [2.24, 2.45) is 0 Å². The van der Waals surface area contributed by atoms with E-state index in [-0.39, 0.29) is 17.9 Å². The van der Waals surface area contributed by atoms with Gasteiger partial charge in [0.1, 0.15) is 5.75 Å². The van der Waals surface area contributed by atoms with Gasteiger partial charge in [-0.2, -0.15) is 0 Å². The van der Waals surface area contributed by atoms with Gasteiger partial charge in [0.25, 0.3) is 5.91 Å². The van der Waals surface area contributed by atoms with Crippen molar-refractivity contribution in [3.63, 3.8) is 0 Å². The van der Waals surface area contributed by atoms with Crippen molar-refractivity contribution in [1.29, 1.82) is 0 Å². The van der Waals surface area contributed by atoms with E-state index in [1.165, 1.54) is 11.3 Å². The number of ether oxygens (including phenoxy) is 1. The number of aromatic nitrogens is 2. The van der Waals surface area contributed by atoms with Crippen LogP contribution in [0.3, 0.4) is 0 Å². The molecule has 7 heteroatoms. The summed E-state index contributed by atoms with van der Waals surface area (Å²) in [7, 11) is 1.62. The molecule has 6 nitrogen and oxygen atoms in total. The number of nitrogens with one attached hydrogen (secondary N) is 1. The van der Waals surface area contributed by atoms with Crippen molar-refractivity contribution >= 4 is 23.2 Å². The first-order chi connectivity index (χ1) is 12.1. The van der Waals surface area contributed by atoms with E-state index in [0.717, 1.165) is 16.2 Å². The molecular weight excluding hydrogens is 336 g/mol. The zero-order valence-corrected chi connectivity index (χ0v) is 14.7. The number of thiophene rings is 1. The van der Waals surface area contributed by atoms with E-state index in [1.54, 1.807) is 25.4 Å². The minimum absolute atomic E-state index is 0.131. The van der Waals surface area contributed by atoms with Crippen molar-refractivity contribution in [3.8, 4) is 16.3 Å². The van der Waals surface area contributed by atoms with E-state index in [1.807, 2.05) is 37.3 Å². The van der Waals surface area contributed by atoms with Crippen LogP contribution < -0.4 is 15.8 Å². The number of nitrogen functional groups attached to an aromatic ring is 1. The molecule has 0 aliphatic heterocycles. The van der Waals surface area contributed by atoms with E-state index in [9.17, 15) is 4.79 Å². The molecule has 3 rings (SSSR count). The number of carbonyl (C=O) groups is 1.